The number of phenols is 2. The van der Waals surface area contributed by atoms with E-state index in [1.807, 2.05) is 0 Å². The monoisotopic (exact) mass is 1020 g/mol. The van der Waals surface area contributed by atoms with Crippen molar-refractivity contribution in [2.45, 2.75) is 68.1 Å². The highest BCUT2D eigenvalue weighted by Gasteiger charge is 2.70. The Morgan fingerprint density at radius 1 is 0.614 bits per heavy atom. The molecule has 384 valence electrons. The van der Waals surface area contributed by atoms with Gasteiger partial charge in [-0.3, -0.25) is 38.6 Å². The van der Waals surface area contributed by atoms with Crippen LogP contribution in [0.25, 0.3) is 11.5 Å². The number of primary amides is 2. The van der Waals surface area contributed by atoms with Crippen molar-refractivity contribution in [3.05, 3.63) is 92.5 Å². The number of fused-ring (bicyclic) bond motifs is 6. The van der Waals surface area contributed by atoms with E-state index in [1.54, 1.807) is 45.0 Å². The zero-order valence-electron chi connectivity index (χ0n) is 38.7. The van der Waals surface area contributed by atoms with Crippen LogP contribution in [0.1, 0.15) is 54.9 Å². The number of carbonyl (C=O) groups is 6. The molecule has 70 heavy (non-hydrogen) atoms. The molecule has 2 aromatic carbocycles. The van der Waals surface area contributed by atoms with E-state index in [4.69, 9.17) is 16.6 Å². The van der Waals surface area contributed by atoms with Crippen molar-refractivity contribution in [2.75, 3.05) is 34.8 Å². The first-order chi connectivity index (χ1) is 31.1. The summed E-state index contributed by atoms with van der Waals surface area (Å²) in [6, 6.07) is 6.26. The Morgan fingerprint density at radius 3 is 1.16 bits per heavy atom. The summed E-state index contributed by atoms with van der Waals surface area (Å²) in [4.78, 5) is 79.9. The van der Waals surface area contributed by atoms with Crippen LogP contribution >= 0.6 is 24.8 Å². The average molecular weight is 1030 g/mol. The van der Waals surface area contributed by atoms with Gasteiger partial charge in [0.05, 0.1) is 47.3 Å². The lowest BCUT2D eigenvalue weighted by atomic mass is 9.54. The van der Waals surface area contributed by atoms with Gasteiger partial charge in [-0.25, -0.2) is 0 Å². The lowest BCUT2D eigenvalue weighted by molar-refractivity contribution is -0.170. The standard InChI is InChI=1S/2C22H24N2O8.C2H6O.2ClH.H2O/c2*1-7-8-5-4-6-9(25)11(8)16(26)12-10(7)17(27)14-15(24(2)3)18(28)13(21(23)31)20(30)22(14,32)19(12)29;1-2-3;;;/h2*4-7,10,14-15,17,25-27,30,32H,1-3H3,(H2,23,31);3H,2H2,1H3;2*1H;1H2/t2*7-,10-,14+,15-,17-,22-;;;;/m00..../s1. The molecule has 0 aromatic heterocycles. The predicted octanol–water partition coefficient (Wildman–Crippen LogP) is -0.991. The van der Waals surface area contributed by atoms with E-state index in [1.165, 1.54) is 50.1 Å². The summed E-state index contributed by atoms with van der Waals surface area (Å²) in [7, 11) is 5.84. The van der Waals surface area contributed by atoms with Crippen LogP contribution in [0.5, 0.6) is 11.5 Å². The van der Waals surface area contributed by atoms with Gasteiger partial charge in [-0.15, -0.1) is 24.8 Å². The fourth-order valence-corrected chi connectivity index (χ4v) is 11.2. The van der Waals surface area contributed by atoms with Crippen molar-refractivity contribution in [2.24, 2.45) is 35.1 Å². The lowest BCUT2D eigenvalue weighted by Gasteiger charge is -2.53. The maximum Gasteiger partial charge on any atom is 0.255 e. The summed E-state index contributed by atoms with van der Waals surface area (Å²) < 4.78 is 0. The number of aliphatic hydroxyl groups is 9. The molecular weight excluding hydrogens is 967 g/mol. The zero-order valence-corrected chi connectivity index (χ0v) is 40.3. The molecule has 12 atom stereocenters. The molecular formula is C46H58Cl2N4O18. The number of halogens is 2. The number of rotatable bonds is 4. The van der Waals surface area contributed by atoms with Gasteiger partial charge in [0.15, 0.2) is 22.8 Å². The van der Waals surface area contributed by atoms with Crippen LogP contribution < -0.4 is 11.5 Å². The Bertz CT molecular complexity index is 2490. The molecule has 2 fully saturated rings. The molecule has 6 aliphatic rings. The van der Waals surface area contributed by atoms with Gasteiger partial charge in [-0.2, -0.15) is 0 Å². The van der Waals surface area contributed by atoms with Crippen molar-refractivity contribution in [1.29, 1.82) is 0 Å². The number of amides is 2. The second kappa shape index (κ2) is 20.4. The van der Waals surface area contributed by atoms with Crippen LogP contribution in [0.4, 0.5) is 0 Å². The molecule has 0 heterocycles. The highest BCUT2D eigenvalue weighted by molar-refractivity contribution is 6.26. The van der Waals surface area contributed by atoms with Gasteiger partial charge in [0.2, 0.25) is 11.6 Å². The maximum absolute atomic E-state index is 13.7. The van der Waals surface area contributed by atoms with E-state index in [2.05, 4.69) is 0 Å². The summed E-state index contributed by atoms with van der Waals surface area (Å²) in [6.45, 7) is 5.28. The molecule has 22 nitrogen and oxygen atoms in total. The van der Waals surface area contributed by atoms with Crippen LogP contribution in [-0.4, -0.2) is 177 Å². The lowest BCUT2D eigenvalue weighted by Crippen LogP contribution is -2.70. The number of nitrogens with zero attached hydrogens (tertiary/aromatic N) is 2. The summed E-state index contributed by atoms with van der Waals surface area (Å²) in [5.41, 5.74) is 2.94. The average Bonchev–Trinajstić information content (AvgIpc) is 3.23. The van der Waals surface area contributed by atoms with Crippen LogP contribution in [-0.2, 0) is 28.8 Å². The molecule has 17 N–H and O–H groups in total. The summed E-state index contributed by atoms with van der Waals surface area (Å²) >= 11 is 0. The van der Waals surface area contributed by atoms with Crippen molar-refractivity contribution in [1.82, 2.24) is 9.80 Å². The number of carbonyl (C=O) groups excluding carboxylic acids is 6. The second-order valence-electron chi connectivity index (χ2n) is 17.9. The topological polar surface area (TPSA) is 415 Å². The first-order valence-electron chi connectivity index (χ1n) is 21.1. The molecule has 0 bridgehead atoms. The number of Topliss-reactive ketones (excluding diaryl/α,β-unsaturated/α-hetero) is 4. The second-order valence-corrected chi connectivity index (χ2v) is 17.9. The molecule has 0 radical (unpaired) electrons. The van der Waals surface area contributed by atoms with Gasteiger partial charge >= 0.3 is 0 Å². The number of aliphatic hydroxyl groups excluding tert-OH is 7. The Labute approximate surface area is 412 Å². The van der Waals surface area contributed by atoms with Crippen molar-refractivity contribution >= 4 is 71.3 Å². The van der Waals surface area contributed by atoms with Gasteiger partial charge in [0.25, 0.3) is 11.8 Å². The number of nitrogens with two attached hydrogens (primary N) is 2. The van der Waals surface area contributed by atoms with Gasteiger partial charge in [0.1, 0.15) is 45.7 Å². The van der Waals surface area contributed by atoms with Crippen LogP contribution in [0.15, 0.2) is 70.2 Å². The molecule has 2 aromatic rings. The van der Waals surface area contributed by atoms with Crippen molar-refractivity contribution < 1.29 is 90.4 Å². The molecule has 0 spiro atoms. The number of phenolic OH excluding ortho intramolecular Hbond substituents is 2. The highest BCUT2D eigenvalue weighted by Crippen LogP contribution is 2.58. The van der Waals surface area contributed by atoms with Crippen LogP contribution in [0.2, 0.25) is 0 Å². The molecule has 0 saturated heterocycles. The number of aromatic hydroxyl groups is 2. The number of likely N-dealkylation sites (N-methyl/N-ethyl adjacent to an activating group) is 2. The van der Waals surface area contributed by atoms with E-state index in [0.717, 1.165) is 0 Å². The summed E-state index contributed by atoms with van der Waals surface area (Å²) in [5.74, 6) is -17.7. The van der Waals surface area contributed by atoms with Crippen molar-refractivity contribution in [3.8, 4) is 11.5 Å². The maximum atomic E-state index is 13.7. The van der Waals surface area contributed by atoms with Gasteiger partial charge in [-0.05, 0) is 70.2 Å². The summed E-state index contributed by atoms with van der Waals surface area (Å²) in [5, 5.41) is 117. The van der Waals surface area contributed by atoms with Gasteiger partial charge < -0.3 is 73.1 Å². The SMILES string of the molecule is CCO.C[C@H]1c2cccc(O)c2C(O)=C2C(=O)[C@]3(O)C(O)=C(C(N)=O)C(=O)[C@@H](N(C)C)[C@@H]3[C@@H](O)[C@H]21.C[C@H]1c2cccc(O)c2C(O)=C2C(=O)[C@]3(O)C(O)=C(C(N)=O)C(=O)[C@@H](N(C)C)[C@@H]3[C@@H](O)[C@H]21.Cl.Cl.O. The molecule has 0 unspecified atom stereocenters. The third kappa shape index (κ3) is 8.01. The Morgan fingerprint density at radius 2 is 0.900 bits per heavy atom. The smallest absolute Gasteiger partial charge is 0.255 e. The minimum absolute atomic E-state index is 0. The van der Waals surface area contributed by atoms with Crippen LogP contribution in [0, 0.1) is 23.7 Å². The minimum Gasteiger partial charge on any atom is -0.508 e. The molecule has 0 aliphatic heterocycles. The van der Waals surface area contributed by atoms with E-state index in [9.17, 15) is 79.8 Å². The fraction of sp³-hybridized carbons (Fsp3) is 0.435. The number of hydrogen-bond acceptors (Lipinski definition) is 19. The van der Waals surface area contributed by atoms with E-state index in [-0.39, 0.29) is 59.5 Å². The molecule has 24 heteroatoms. The van der Waals surface area contributed by atoms with Gasteiger partial charge in [-0.1, -0.05) is 38.1 Å². The normalized spacial score (nSPS) is 31.7. The van der Waals surface area contributed by atoms with Gasteiger partial charge in [0, 0.05) is 29.6 Å². The third-order valence-corrected chi connectivity index (χ3v) is 14.0. The van der Waals surface area contributed by atoms with Crippen LogP contribution in [0.3, 0.4) is 0 Å². The Kier molecular flexibility index (Phi) is 17.0. The molecule has 2 amide bonds. The largest absolute Gasteiger partial charge is 0.508 e. The molecule has 6 aliphatic carbocycles. The predicted molar refractivity (Wildman–Crippen MR) is 252 cm³/mol. The minimum atomic E-state index is -2.89. The van der Waals surface area contributed by atoms with E-state index >= 15 is 0 Å². The quantitative estimate of drug-likeness (QED) is 0.164. The first-order valence-corrected chi connectivity index (χ1v) is 21.1. The number of benzene rings is 2. The number of ketones is 4. The van der Waals surface area contributed by atoms with E-state index < -0.39 is 151 Å². The Hall–Kier alpha value is -5.92. The van der Waals surface area contributed by atoms with Crippen molar-refractivity contribution in [3.63, 3.8) is 0 Å². The molecule has 2 saturated carbocycles. The third-order valence-electron chi connectivity index (χ3n) is 14.0. The first kappa shape index (κ1) is 58.4. The van der Waals surface area contributed by atoms with E-state index in [0.29, 0.717) is 11.1 Å². The number of hydrogen-bond donors (Lipinski definition) is 13. The Balaban J connectivity index is 0.000000337. The molecule has 8 rings (SSSR count). The summed E-state index contributed by atoms with van der Waals surface area (Å²) in [6.07, 6.45) is -3.18. The fourth-order valence-electron chi connectivity index (χ4n) is 11.2. The highest BCUT2D eigenvalue weighted by atomic mass is 35.5. The zero-order chi connectivity index (χ0) is 50.4.